The molecule has 6 heteroatoms. The second-order valence-corrected chi connectivity index (χ2v) is 5.93. The summed E-state index contributed by atoms with van der Waals surface area (Å²) in [6.07, 6.45) is 0. The molecule has 0 spiro atoms. The van der Waals surface area contributed by atoms with Crippen LogP contribution in [0.5, 0.6) is 0 Å². The summed E-state index contributed by atoms with van der Waals surface area (Å²) in [4.78, 5) is 12.6. The Balaban J connectivity index is 2.02. The molecule has 2 aromatic carbocycles. The quantitative estimate of drug-likeness (QED) is 0.868. The fourth-order valence-electron chi connectivity index (χ4n) is 1.72. The van der Waals surface area contributed by atoms with Gasteiger partial charge in [-0.05, 0) is 43.3 Å². The van der Waals surface area contributed by atoms with E-state index in [9.17, 15) is 13.6 Å². The third-order valence-electron chi connectivity index (χ3n) is 2.83. The van der Waals surface area contributed by atoms with Crippen molar-refractivity contribution in [3.63, 3.8) is 0 Å². The van der Waals surface area contributed by atoms with Crippen molar-refractivity contribution in [1.82, 2.24) is 0 Å². The van der Waals surface area contributed by atoms with Gasteiger partial charge < -0.3 is 5.32 Å². The summed E-state index contributed by atoms with van der Waals surface area (Å²) in [5, 5.41) is 11.0. The first kappa shape index (κ1) is 16.0. The van der Waals surface area contributed by atoms with Crippen molar-refractivity contribution in [3.05, 3.63) is 59.7 Å². The molecule has 0 aliphatic rings. The number of nitriles is 1. The summed E-state index contributed by atoms with van der Waals surface area (Å²) in [6.45, 7) is 1.66. The normalized spacial score (nSPS) is 11.5. The number of benzene rings is 2. The maximum Gasteiger partial charge on any atom is 0.237 e. The number of carbonyl (C=O) groups is 1. The number of rotatable bonds is 4. The Hall–Kier alpha value is -2.39. The molecule has 0 heterocycles. The summed E-state index contributed by atoms with van der Waals surface area (Å²) in [5.41, 5.74) is 0.959. The average Bonchev–Trinajstić information content (AvgIpc) is 2.51. The topological polar surface area (TPSA) is 52.9 Å². The smallest absolute Gasteiger partial charge is 0.237 e. The number of carbonyl (C=O) groups excluding carboxylic acids is 1. The third kappa shape index (κ3) is 4.06. The van der Waals surface area contributed by atoms with Crippen molar-refractivity contribution in [2.75, 3.05) is 5.32 Å². The van der Waals surface area contributed by atoms with Crippen LogP contribution in [-0.2, 0) is 4.79 Å². The van der Waals surface area contributed by atoms with Gasteiger partial charge >= 0.3 is 0 Å². The summed E-state index contributed by atoms with van der Waals surface area (Å²) < 4.78 is 26.0. The Morgan fingerprint density at radius 1 is 1.23 bits per heavy atom. The predicted octanol–water partition coefficient (Wildman–Crippen LogP) is 3.96. The second kappa shape index (κ2) is 7.05. The van der Waals surface area contributed by atoms with Gasteiger partial charge in [0.05, 0.1) is 16.9 Å². The number of halogens is 2. The molecule has 1 amide bonds. The lowest BCUT2D eigenvalue weighted by Gasteiger charge is -2.12. The molecular weight excluding hydrogens is 306 g/mol. The summed E-state index contributed by atoms with van der Waals surface area (Å²) in [5.74, 6) is -2.15. The van der Waals surface area contributed by atoms with Crippen LogP contribution in [0.1, 0.15) is 12.5 Å². The SMILES string of the molecule is C[C@@H](Sc1ccc(F)c(F)c1)C(=O)Nc1cccc(C#N)c1. The van der Waals surface area contributed by atoms with E-state index in [4.69, 9.17) is 5.26 Å². The van der Waals surface area contributed by atoms with E-state index in [0.717, 1.165) is 23.9 Å². The molecule has 2 aromatic rings. The molecule has 0 aliphatic heterocycles. The highest BCUT2D eigenvalue weighted by Crippen LogP contribution is 2.25. The highest BCUT2D eigenvalue weighted by molar-refractivity contribution is 8.00. The van der Waals surface area contributed by atoms with Gasteiger partial charge in [0.15, 0.2) is 11.6 Å². The molecule has 0 bridgehead atoms. The van der Waals surface area contributed by atoms with E-state index in [1.807, 2.05) is 6.07 Å². The monoisotopic (exact) mass is 318 g/mol. The maximum atomic E-state index is 13.1. The largest absolute Gasteiger partial charge is 0.325 e. The molecular formula is C16H12F2N2OS. The molecule has 1 atom stereocenters. The first-order valence-electron chi connectivity index (χ1n) is 6.42. The van der Waals surface area contributed by atoms with Gasteiger partial charge in [0.1, 0.15) is 0 Å². The molecule has 0 radical (unpaired) electrons. The van der Waals surface area contributed by atoms with Crippen LogP contribution in [0.3, 0.4) is 0 Å². The zero-order valence-electron chi connectivity index (χ0n) is 11.6. The number of thioether (sulfide) groups is 1. The van der Waals surface area contributed by atoms with Crippen LogP contribution in [0.4, 0.5) is 14.5 Å². The Labute approximate surface area is 131 Å². The number of hydrogen-bond donors (Lipinski definition) is 1. The van der Waals surface area contributed by atoms with Crippen molar-refractivity contribution < 1.29 is 13.6 Å². The molecule has 2 rings (SSSR count). The highest BCUT2D eigenvalue weighted by Gasteiger charge is 2.15. The van der Waals surface area contributed by atoms with E-state index in [0.29, 0.717) is 16.1 Å². The van der Waals surface area contributed by atoms with E-state index in [2.05, 4.69) is 5.32 Å². The molecule has 0 unspecified atom stereocenters. The molecule has 0 saturated heterocycles. The minimum Gasteiger partial charge on any atom is -0.325 e. The number of hydrogen-bond acceptors (Lipinski definition) is 3. The van der Waals surface area contributed by atoms with Crippen LogP contribution in [0.25, 0.3) is 0 Å². The Morgan fingerprint density at radius 3 is 2.68 bits per heavy atom. The minimum absolute atomic E-state index is 0.287. The number of amides is 1. The third-order valence-corrected chi connectivity index (χ3v) is 3.93. The Morgan fingerprint density at radius 2 is 2.00 bits per heavy atom. The Bertz CT molecular complexity index is 743. The fraction of sp³-hybridized carbons (Fsp3) is 0.125. The number of nitrogens with zero attached hydrogens (tertiary/aromatic N) is 1. The molecule has 0 saturated carbocycles. The zero-order chi connectivity index (χ0) is 16.1. The van der Waals surface area contributed by atoms with Crippen LogP contribution in [0.15, 0.2) is 47.4 Å². The second-order valence-electron chi connectivity index (χ2n) is 4.52. The van der Waals surface area contributed by atoms with E-state index in [1.54, 1.807) is 31.2 Å². The van der Waals surface area contributed by atoms with Gasteiger partial charge in [-0.25, -0.2) is 8.78 Å². The van der Waals surface area contributed by atoms with Crippen molar-refractivity contribution in [3.8, 4) is 6.07 Å². The molecule has 0 aliphatic carbocycles. The standard InChI is InChI=1S/C16H12F2N2OS/c1-10(22-13-5-6-14(17)15(18)8-13)16(21)20-12-4-2-3-11(7-12)9-19/h2-8,10H,1H3,(H,20,21)/t10-/m1/s1. The molecule has 3 nitrogen and oxygen atoms in total. The summed E-state index contributed by atoms with van der Waals surface area (Å²) in [7, 11) is 0. The van der Waals surface area contributed by atoms with Crippen LogP contribution < -0.4 is 5.32 Å². The molecule has 0 fully saturated rings. The van der Waals surface area contributed by atoms with Gasteiger partial charge in [-0.2, -0.15) is 5.26 Å². The van der Waals surface area contributed by atoms with Crippen LogP contribution >= 0.6 is 11.8 Å². The van der Waals surface area contributed by atoms with E-state index < -0.39 is 16.9 Å². The number of nitrogens with one attached hydrogen (secondary N) is 1. The number of anilines is 1. The van der Waals surface area contributed by atoms with Crippen molar-refractivity contribution in [2.45, 2.75) is 17.1 Å². The molecule has 112 valence electrons. The molecule has 1 N–H and O–H groups in total. The van der Waals surface area contributed by atoms with Gasteiger partial charge in [-0.1, -0.05) is 6.07 Å². The zero-order valence-corrected chi connectivity index (χ0v) is 12.5. The first-order chi connectivity index (χ1) is 10.5. The lowest BCUT2D eigenvalue weighted by molar-refractivity contribution is -0.115. The van der Waals surface area contributed by atoms with Gasteiger partial charge in [0, 0.05) is 10.6 Å². The minimum atomic E-state index is -0.945. The van der Waals surface area contributed by atoms with Gasteiger partial charge in [0.2, 0.25) is 5.91 Å². The van der Waals surface area contributed by atoms with Crippen molar-refractivity contribution in [1.29, 1.82) is 5.26 Å². The van der Waals surface area contributed by atoms with Gasteiger partial charge in [-0.15, -0.1) is 11.8 Å². The maximum absolute atomic E-state index is 13.1. The molecule has 22 heavy (non-hydrogen) atoms. The van der Waals surface area contributed by atoms with Crippen LogP contribution in [0, 0.1) is 23.0 Å². The Kier molecular flexibility index (Phi) is 5.12. The highest BCUT2D eigenvalue weighted by atomic mass is 32.2. The summed E-state index contributed by atoms with van der Waals surface area (Å²) in [6, 6.07) is 12.0. The van der Waals surface area contributed by atoms with E-state index >= 15 is 0 Å². The fourth-order valence-corrected chi connectivity index (χ4v) is 2.61. The summed E-state index contributed by atoms with van der Waals surface area (Å²) >= 11 is 1.12. The van der Waals surface area contributed by atoms with E-state index in [1.165, 1.54) is 6.07 Å². The van der Waals surface area contributed by atoms with Crippen LogP contribution in [0.2, 0.25) is 0 Å². The van der Waals surface area contributed by atoms with Crippen LogP contribution in [-0.4, -0.2) is 11.2 Å². The van der Waals surface area contributed by atoms with Crippen molar-refractivity contribution >= 4 is 23.4 Å². The van der Waals surface area contributed by atoms with Crippen molar-refractivity contribution in [2.24, 2.45) is 0 Å². The lowest BCUT2D eigenvalue weighted by atomic mass is 10.2. The van der Waals surface area contributed by atoms with Gasteiger partial charge in [-0.3, -0.25) is 4.79 Å². The molecule has 0 aromatic heterocycles. The average molecular weight is 318 g/mol. The van der Waals surface area contributed by atoms with E-state index in [-0.39, 0.29) is 5.91 Å². The first-order valence-corrected chi connectivity index (χ1v) is 7.30. The van der Waals surface area contributed by atoms with Gasteiger partial charge in [0.25, 0.3) is 0 Å². The lowest BCUT2D eigenvalue weighted by Crippen LogP contribution is -2.22. The predicted molar refractivity (Wildman–Crippen MR) is 81.5 cm³/mol.